The fraction of sp³-hybridized carbons (Fsp3) is 1.00. The van der Waals surface area contributed by atoms with Crippen LogP contribution in [0.1, 0.15) is 33.1 Å². The Hall–Kier alpha value is 0.290. The lowest BCUT2D eigenvalue weighted by Crippen LogP contribution is -2.36. The third-order valence-corrected chi connectivity index (χ3v) is 2.64. The Balaban J connectivity index is 2.30. The van der Waals surface area contributed by atoms with Crippen LogP contribution in [0.4, 0.5) is 0 Å². The average molecular weight is 133 g/mol. The maximum absolute atomic E-state index is 6.09. The highest BCUT2D eigenvalue weighted by molar-refractivity contribution is 6.24. The zero-order chi connectivity index (χ0) is 6.20. The Morgan fingerprint density at radius 1 is 1.62 bits per heavy atom. The molecule has 1 saturated carbocycles. The molecule has 0 N–H and O–H groups in total. The van der Waals surface area contributed by atoms with Crippen LogP contribution in [0, 0.1) is 5.92 Å². The first kappa shape index (κ1) is 6.41. The Kier molecular flexibility index (Phi) is 1.53. The minimum Gasteiger partial charge on any atom is -0.119 e. The maximum Gasteiger partial charge on any atom is 0.0449 e. The Morgan fingerprint density at radius 3 is 2.25 bits per heavy atom. The van der Waals surface area contributed by atoms with Gasteiger partial charge in [0.15, 0.2) is 0 Å². The standard InChI is InChI=1S/C7H13Cl/c1-3-7(8)4-6(2)5-7/h6H,3-5H2,1-2H3. The van der Waals surface area contributed by atoms with Gasteiger partial charge in [-0.3, -0.25) is 0 Å². The molecule has 0 spiro atoms. The topological polar surface area (TPSA) is 0 Å². The molecule has 1 rings (SSSR count). The van der Waals surface area contributed by atoms with Crippen LogP contribution in [-0.4, -0.2) is 4.87 Å². The van der Waals surface area contributed by atoms with Gasteiger partial charge in [0.2, 0.25) is 0 Å². The summed E-state index contributed by atoms with van der Waals surface area (Å²) in [7, 11) is 0. The molecule has 1 aliphatic carbocycles. The van der Waals surface area contributed by atoms with Gasteiger partial charge in [-0.15, -0.1) is 11.6 Å². The molecular formula is C7H13Cl. The van der Waals surface area contributed by atoms with Crippen molar-refractivity contribution in [1.82, 2.24) is 0 Å². The number of halogens is 1. The van der Waals surface area contributed by atoms with Gasteiger partial charge >= 0.3 is 0 Å². The molecule has 0 atom stereocenters. The van der Waals surface area contributed by atoms with Crippen molar-refractivity contribution in [3.63, 3.8) is 0 Å². The summed E-state index contributed by atoms with van der Waals surface area (Å²) in [6.07, 6.45) is 3.59. The Bertz CT molecular complexity index is 82.4. The van der Waals surface area contributed by atoms with E-state index in [1.54, 1.807) is 0 Å². The number of alkyl halides is 1. The van der Waals surface area contributed by atoms with Gasteiger partial charge in [-0.25, -0.2) is 0 Å². The third-order valence-electron chi connectivity index (χ3n) is 2.06. The highest BCUT2D eigenvalue weighted by atomic mass is 35.5. The molecule has 0 aliphatic heterocycles. The van der Waals surface area contributed by atoms with Gasteiger partial charge in [0.05, 0.1) is 0 Å². The van der Waals surface area contributed by atoms with E-state index < -0.39 is 0 Å². The summed E-state index contributed by atoms with van der Waals surface area (Å²) in [5.41, 5.74) is 0. The maximum atomic E-state index is 6.09. The van der Waals surface area contributed by atoms with Crippen LogP contribution < -0.4 is 0 Å². The first-order valence-electron chi connectivity index (χ1n) is 3.35. The summed E-state index contributed by atoms with van der Waals surface area (Å²) < 4.78 is 0. The summed E-state index contributed by atoms with van der Waals surface area (Å²) in [4.78, 5) is 0.208. The molecule has 0 amide bonds. The molecule has 0 bridgehead atoms. The van der Waals surface area contributed by atoms with E-state index in [0.29, 0.717) is 0 Å². The van der Waals surface area contributed by atoms with Crippen molar-refractivity contribution < 1.29 is 0 Å². The minimum absolute atomic E-state index is 0.208. The second-order valence-electron chi connectivity index (χ2n) is 3.02. The number of hydrogen-bond acceptors (Lipinski definition) is 0. The Labute approximate surface area is 56.2 Å². The monoisotopic (exact) mass is 132 g/mol. The summed E-state index contributed by atoms with van der Waals surface area (Å²) in [5.74, 6) is 0.882. The fourth-order valence-electron chi connectivity index (χ4n) is 1.48. The zero-order valence-corrected chi connectivity index (χ0v) is 6.33. The minimum atomic E-state index is 0.208. The van der Waals surface area contributed by atoms with E-state index >= 15 is 0 Å². The highest BCUT2D eigenvalue weighted by Crippen LogP contribution is 2.44. The van der Waals surface area contributed by atoms with E-state index in [2.05, 4.69) is 13.8 Å². The van der Waals surface area contributed by atoms with Crippen LogP contribution in [0.5, 0.6) is 0 Å². The molecule has 48 valence electrons. The molecular weight excluding hydrogens is 120 g/mol. The molecule has 0 saturated heterocycles. The molecule has 8 heavy (non-hydrogen) atoms. The normalized spacial score (nSPS) is 46.1. The highest BCUT2D eigenvalue weighted by Gasteiger charge is 2.37. The number of rotatable bonds is 1. The first-order chi connectivity index (χ1) is 3.66. The van der Waals surface area contributed by atoms with Crippen molar-refractivity contribution in [2.24, 2.45) is 5.92 Å². The SMILES string of the molecule is CCC1(Cl)CC(C)C1. The first-order valence-corrected chi connectivity index (χ1v) is 3.73. The van der Waals surface area contributed by atoms with Crippen molar-refractivity contribution >= 4 is 11.6 Å². The van der Waals surface area contributed by atoms with Crippen LogP contribution >= 0.6 is 11.6 Å². The van der Waals surface area contributed by atoms with Gasteiger partial charge in [0.1, 0.15) is 0 Å². The van der Waals surface area contributed by atoms with Gasteiger partial charge in [0, 0.05) is 4.87 Å². The quantitative estimate of drug-likeness (QED) is 0.482. The van der Waals surface area contributed by atoms with E-state index in [0.717, 1.165) is 12.3 Å². The molecule has 0 aromatic carbocycles. The lowest BCUT2D eigenvalue weighted by molar-refractivity contribution is 0.237. The molecule has 1 heteroatoms. The second kappa shape index (κ2) is 1.91. The van der Waals surface area contributed by atoms with E-state index in [1.807, 2.05) is 0 Å². The van der Waals surface area contributed by atoms with Crippen molar-refractivity contribution in [2.45, 2.75) is 38.0 Å². The molecule has 0 unspecified atom stereocenters. The van der Waals surface area contributed by atoms with Crippen LogP contribution in [-0.2, 0) is 0 Å². The van der Waals surface area contributed by atoms with Crippen molar-refractivity contribution in [3.05, 3.63) is 0 Å². The second-order valence-corrected chi connectivity index (χ2v) is 3.82. The van der Waals surface area contributed by atoms with E-state index in [1.165, 1.54) is 12.8 Å². The van der Waals surface area contributed by atoms with Crippen LogP contribution in [0.3, 0.4) is 0 Å². The van der Waals surface area contributed by atoms with Crippen molar-refractivity contribution in [3.8, 4) is 0 Å². The molecule has 1 fully saturated rings. The van der Waals surface area contributed by atoms with Gasteiger partial charge in [0.25, 0.3) is 0 Å². The predicted molar refractivity (Wildman–Crippen MR) is 37.3 cm³/mol. The largest absolute Gasteiger partial charge is 0.119 e. The molecule has 0 nitrogen and oxygen atoms in total. The van der Waals surface area contributed by atoms with Crippen molar-refractivity contribution in [1.29, 1.82) is 0 Å². The van der Waals surface area contributed by atoms with Crippen molar-refractivity contribution in [2.75, 3.05) is 0 Å². The van der Waals surface area contributed by atoms with Crippen LogP contribution in [0.25, 0.3) is 0 Å². The van der Waals surface area contributed by atoms with E-state index in [-0.39, 0.29) is 4.87 Å². The summed E-state index contributed by atoms with van der Waals surface area (Å²) in [6, 6.07) is 0. The fourth-order valence-corrected chi connectivity index (χ4v) is 2.00. The smallest absolute Gasteiger partial charge is 0.0449 e. The van der Waals surface area contributed by atoms with Gasteiger partial charge in [-0.1, -0.05) is 13.8 Å². The van der Waals surface area contributed by atoms with E-state index in [9.17, 15) is 0 Å². The van der Waals surface area contributed by atoms with Crippen LogP contribution in [0.2, 0.25) is 0 Å². The van der Waals surface area contributed by atoms with E-state index in [4.69, 9.17) is 11.6 Å². The Morgan fingerprint density at radius 2 is 2.12 bits per heavy atom. The number of hydrogen-bond donors (Lipinski definition) is 0. The predicted octanol–water partition coefficient (Wildman–Crippen LogP) is 2.80. The zero-order valence-electron chi connectivity index (χ0n) is 5.58. The van der Waals surface area contributed by atoms with Gasteiger partial charge < -0.3 is 0 Å². The summed E-state index contributed by atoms with van der Waals surface area (Å²) in [6.45, 7) is 4.43. The lowest BCUT2D eigenvalue weighted by Gasteiger charge is -2.40. The van der Waals surface area contributed by atoms with Crippen LogP contribution in [0.15, 0.2) is 0 Å². The molecule has 1 aliphatic rings. The summed E-state index contributed by atoms with van der Waals surface area (Å²) in [5, 5.41) is 0. The molecule has 0 radical (unpaired) electrons. The summed E-state index contributed by atoms with van der Waals surface area (Å²) >= 11 is 6.09. The lowest BCUT2D eigenvalue weighted by atomic mass is 9.74. The average Bonchev–Trinajstić information content (AvgIpc) is 1.63. The van der Waals surface area contributed by atoms with Gasteiger partial charge in [-0.05, 0) is 25.2 Å². The molecule has 0 aromatic rings. The van der Waals surface area contributed by atoms with Gasteiger partial charge in [-0.2, -0.15) is 0 Å². The molecule has 0 aromatic heterocycles. The molecule has 0 heterocycles. The third kappa shape index (κ3) is 0.997.